The summed E-state index contributed by atoms with van der Waals surface area (Å²) in [6, 6.07) is 9.91. The molecule has 0 bridgehead atoms. The Morgan fingerprint density at radius 2 is 1.87 bits per heavy atom. The summed E-state index contributed by atoms with van der Waals surface area (Å²) in [5.74, 6) is -0.355. The van der Waals surface area contributed by atoms with Crippen LogP contribution in [0.25, 0.3) is 0 Å². The molecule has 1 heterocycles. The van der Waals surface area contributed by atoms with Crippen molar-refractivity contribution in [3.63, 3.8) is 0 Å². The zero-order valence-corrected chi connectivity index (χ0v) is 8.18. The van der Waals surface area contributed by atoms with Gasteiger partial charge in [0.1, 0.15) is 5.76 Å². The molecule has 1 aliphatic heterocycles. The summed E-state index contributed by atoms with van der Waals surface area (Å²) in [6.45, 7) is 0. The van der Waals surface area contributed by atoms with Crippen LogP contribution in [0.15, 0.2) is 47.2 Å². The molecule has 1 amide bonds. The molecule has 0 radical (unpaired) electrons. The van der Waals surface area contributed by atoms with Crippen LogP contribution < -0.4 is 0 Å². The maximum atomic E-state index is 10.9. The summed E-state index contributed by atoms with van der Waals surface area (Å²) in [4.78, 5) is 14.6. The van der Waals surface area contributed by atoms with Crippen LogP contribution in [0, 0.1) is 0 Å². The van der Waals surface area contributed by atoms with Gasteiger partial charge in [-0.05, 0) is 18.4 Å². The summed E-state index contributed by atoms with van der Waals surface area (Å²) in [5, 5.41) is 9.35. The predicted octanol–water partition coefficient (Wildman–Crippen LogP) is 2.04. The topological polar surface area (TPSA) is 49.7 Å². The molecule has 2 rings (SSSR count). The van der Waals surface area contributed by atoms with Crippen LogP contribution >= 0.6 is 0 Å². The van der Waals surface area contributed by atoms with Gasteiger partial charge in [0.15, 0.2) is 0 Å². The van der Waals surface area contributed by atoms with Crippen molar-refractivity contribution >= 4 is 11.6 Å². The molecule has 76 valence electrons. The molecular formula is C12H11NO2. The molecule has 0 aromatic heterocycles. The molecule has 1 aromatic carbocycles. The van der Waals surface area contributed by atoms with E-state index in [1.54, 1.807) is 0 Å². The summed E-state index contributed by atoms with van der Waals surface area (Å²) >= 11 is 0. The number of carbonyl (C=O) groups is 1. The smallest absolute Gasteiger partial charge is 0.273 e. The van der Waals surface area contributed by atoms with E-state index in [9.17, 15) is 9.90 Å². The SMILES string of the molecule is O=C1C=C(O)C(CCc2ccccc2)=N1. The number of nitrogens with zero attached hydrogens (tertiary/aromatic N) is 1. The van der Waals surface area contributed by atoms with E-state index in [0.29, 0.717) is 12.1 Å². The number of hydrogen-bond acceptors (Lipinski definition) is 2. The highest BCUT2D eigenvalue weighted by atomic mass is 16.3. The third-order valence-corrected chi connectivity index (χ3v) is 2.29. The average Bonchev–Trinajstić information content (AvgIpc) is 2.56. The number of allylic oxidation sites excluding steroid dienone is 1. The Morgan fingerprint density at radius 1 is 1.13 bits per heavy atom. The van der Waals surface area contributed by atoms with Gasteiger partial charge in [-0.25, -0.2) is 4.99 Å². The van der Waals surface area contributed by atoms with Gasteiger partial charge in [0.05, 0.1) is 5.71 Å². The molecule has 0 aliphatic carbocycles. The number of rotatable bonds is 3. The molecule has 0 spiro atoms. The minimum Gasteiger partial charge on any atom is -0.506 e. The van der Waals surface area contributed by atoms with Gasteiger partial charge in [0, 0.05) is 6.08 Å². The number of aliphatic hydroxyl groups excluding tert-OH is 1. The Kier molecular flexibility index (Phi) is 2.63. The van der Waals surface area contributed by atoms with E-state index in [0.717, 1.165) is 12.5 Å². The molecule has 0 saturated carbocycles. The van der Waals surface area contributed by atoms with Crippen LogP contribution in [0.2, 0.25) is 0 Å². The standard InChI is InChI=1S/C12H11NO2/c14-11-8-12(15)13-10(11)7-6-9-4-2-1-3-5-9/h1-5,8,14H,6-7H2. The van der Waals surface area contributed by atoms with Crippen LogP contribution in [0.3, 0.4) is 0 Å². The van der Waals surface area contributed by atoms with Gasteiger partial charge in [-0.1, -0.05) is 30.3 Å². The van der Waals surface area contributed by atoms with Crippen LogP contribution in [-0.4, -0.2) is 16.7 Å². The zero-order valence-electron chi connectivity index (χ0n) is 8.18. The Labute approximate surface area is 87.8 Å². The second-order valence-electron chi connectivity index (χ2n) is 3.41. The van der Waals surface area contributed by atoms with Crippen LogP contribution in [-0.2, 0) is 11.2 Å². The molecular weight excluding hydrogens is 190 g/mol. The first-order valence-electron chi connectivity index (χ1n) is 4.82. The summed E-state index contributed by atoms with van der Waals surface area (Å²) in [7, 11) is 0. The molecule has 1 aliphatic rings. The number of aryl methyl sites for hydroxylation is 1. The summed E-state index contributed by atoms with van der Waals surface area (Å²) in [6.07, 6.45) is 2.53. The highest BCUT2D eigenvalue weighted by Gasteiger charge is 2.15. The third kappa shape index (κ3) is 2.31. The lowest BCUT2D eigenvalue weighted by Gasteiger charge is -2.01. The van der Waals surface area contributed by atoms with E-state index in [-0.39, 0.29) is 11.7 Å². The van der Waals surface area contributed by atoms with Crippen molar-refractivity contribution in [2.75, 3.05) is 0 Å². The van der Waals surface area contributed by atoms with Crippen molar-refractivity contribution < 1.29 is 9.90 Å². The lowest BCUT2D eigenvalue weighted by molar-refractivity contribution is -0.113. The predicted molar refractivity (Wildman–Crippen MR) is 57.9 cm³/mol. The Morgan fingerprint density at radius 3 is 2.47 bits per heavy atom. The van der Waals surface area contributed by atoms with Crippen LogP contribution in [0.1, 0.15) is 12.0 Å². The minimum absolute atomic E-state index is 0.0101. The third-order valence-electron chi connectivity index (χ3n) is 2.29. The lowest BCUT2D eigenvalue weighted by Crippen LogP contribution is -2.01. The fraction of sp³-hybridized carbons (Fsp3) is 0.167. The highest BCUT2D eigenvalue weighted by Crippen LogP contribution is 2.11. The van der Waals surface area contributed by atoms with Gasteiger partial charge in [-0.3, -0.25) is 4.79 Å². The normalized spacial score (nSPS) is 15.1. The van der Waals surface area contributed by atoms with Gasteiger partial charge < -0.3 is 5.11 Å². The Hall–Kier alpha value is -1.90. The molecule has 0 fully saturated rings. The van der Waals surface area contributed by atoms with Gasteiger partial charge >= 0.3 is 0 Å². The number of carbonyl (C=O) groups excluding carboxylic acids is 1. The average molecular weight is 201 g/mol. The number of hydrogen-bond donors (Lipinski definition) is 1. The first-order chi connectivity index (χ1) is 7.25. The van der Waals surface area contributed by atoms with Gasteiger partial charge in [-0.15, -0.1) is 0 Å². The van der Waals surface area contributed by atoms with Crippen molar-refractivity contribution in [1.82, 2.24) is 0 Å². The maximum Gasteiger partial charge on any atom is 0.273 e. The molecule has 1 N–H and O–H groups in total. The van der Waals surface area contributed by atoms with E-state index in [1.807, 2.05) is 30.3 Å². The molecule has 0 atom stereocenters. The summed E-state index contributed by atoms with van der Waals surface area (Å²) < 4.78 is 0. The molecule has 0 unspecified atom stereocenters. The molecule has 3 heteroatoms. The number of aliphatic imine (C=N–C) groups is 1. The van der Waals surface area contributed by atoms with E-state index in [2.05, 4.69) is 4.99 Å². The van der Waals surface area contributed by atoms with E-state index in [4.69, 9.17) is 0 Å². The lowest BCUT2D eigenvalue weighted by atomic mass is 10.1. The van der Waals surface area contributed by atoms with Crippen molar-refractivity contribution in [2.24, 2.45) is 4.99 Å². The van der Waals surface area contributed by atoms with Gasteiger partial charge in [0.25, 0.3) is 5.91 Å². The highest BCUT2D eigenvalue weighted by molar-refractivity contribution is 6.15. The molecule has 3 nitrogen and oxygen atoms in total. The van der Waals surface area contributed by atoms with Gasteiger partial charge in [0.2, 0.25) is 0 Å². The van der Waals surface area contributed by atoms with E-state index in [1.165, 1.54) is 5.56 Å². The Balaban J connectivity index is 1.98. The zero-order chi connectivity index (χ0) is 10.7. The van der Waals surface area contributed by atoms with Crippen molar-refractivity contribution in [1.29, 1.82) is 0 Å². The fourth-order valence-corrected chi connectivity index (χ4v) is 1.51. The summed E-state index contributed by atoms with van der Waals surface area (Å²) in [5.41, 5.74) is 1.66. The largest absolute Gasteiger partial charge is 0.506 e. The van der Waals surface area contributed by atoms with E-state index < -0.39 is 0 Å². The second kappa shape index (κ2) is 4.09. The van der Waals surface area contributed by atoms with Crippen molar-refractivity contribution in [3.05, 3.63) is 47.7 Å². The molecule has 0 saturated heterocycles. The monoisotopic (exact) mass is 201 g/mol. The van der Waals surface area contributed by atoms with Crippen LogP contribution in [0.5, 0.6) is 0 Å². The number of benzene rings is 1. The van der Waals surface area contributed by atoms with Crippen molar-refractivity contribution in [3.8, 4) is 0 Å². The van der Waals surface area contributed by atoms with Gasteiger partial charge in [-0.2, -0.15) is 0 Å². The van der Waals surface area contributed by atoms with E-state index >= 15 is 0 Å². The fourth-order valence-electron chi connectivity index (χ4n) is 1.51. The first-order valence-corrected chi connectivity index (χ1v) is 4.82. The molecule has 1 aromatic rings. The van der Waals surface area contributed by atoms with Crippen molar-refractivity contribution in [2.45, 2.75) is 12.8 Å². The number of aliphatic hydroxyl groups is 1. The second-order valence-corrected chi connectivity index (χ2v) is 3.41. The first kappa shape index (κ1) is 9.65. The quantitative estimate of drug-likeness (QED) is 0.813. The molecule has 15 heavy (non-hydrogen) atoms. The Bertz CT molecular complexity index is 432. The maximum absolute atomic E-state index is 10.9. The number of amides is 1. The minimum atomic E-state index is -0.365. The van der Waals surface area contributed by atoms with Crippen LogP contribution in [0.4, 0.5) is 0 Å².